The summed E-state index contributed by atoms with van der Waals surface area (Å²) < 4.78 is 56.2. The summed E-state index contributed by atoms with van der Waals surface area (Å²) in [7, 11) is 0. The molecule has 1 aromatic heterocycles. The third-order valence-electron chi connectivity index (χ3n) is 3.65. The van der Waals surface area contributed by atoms with Crippen molar-refractivity contribution >= 4 is 11.6 Å². The first-order valence-electron chi connectivity index (χ1n) is 7.53. The van der Waals surface area contributed by atoms with E-state index in [1.54, 1.807) is 24.3 Å². The molecule has 0 radical (unpaired) electrons. The van der Waals surface area contributed by atoms with Crippen LogP contribution in [0.4, 0.5) is 23.2 Å². The Labute approximate surface area is 150 Å². The Morgan fingerprint density at radius 2 is 1.89 bits per heavy atom. The molecule has 0 unspecified atom stereocenters. The number of para-hydroxylation sites is 1. The third-order valence-corrected chi connectivity index (χ3v) is 3.65. The second-order valence-electron chi connectivity index (χ2n) is 5.39. The van der Waals surface area contributed by atoms with Crippen LogP contribution in [0.5, 0.6) is 0 Å². The molecule has 3 aromatic rings. The van der Waals surface area contributed by atoms with E-state index >= 15 is 0 Å². The van der Waals surface area contributed by atoms with E-state index in [4.69, 9.17) is 0 Å². The van der Waals surface area contributed by atoms with Crippen molar-refractivity contribution in [2.24, 2.45) is 0 Å². The van der Waals surface area contributed by atoms with Crippen LogP contribution in [0, 0.1) is 17.1 Å². The van der Waals surface area contributed by atoms with Gasteiger partial charge in [-0.25, -0.2) is 9.07 Å². The van der Waals surface area contributed by atoms with Crippen LogP contribution in [0.15, 0.2) is 54.9 Å². The van der Waals surface area contributed by atoms with Gasteiger partial charge >= 0.3 is 6.18 Å². The summed E-state index contributed by atoms with van der Waals surface area (Å²) in [6.07, 6.45) is -2.82. The van der Waals surface area contributed by atoms with E-state index in [-0.39, 0.29) is 5.69 Å². The minimum absolute atomic E-state index is 0.269. The number of nitrogens with zero attached hydrogens (tertiary/aromatic N) is 3. The molecule has 0 fully saturated rings. The zero-order valence-electron chi connectivity index (χ0n) is 13.5. The SMILES string of the molecule is N#Cc1cc(C(=O)Nc2ccccc2)c(F)c(C(F)(F)F)c1-n1cccn1. The molecule has 0 bridgehead atoms. The van der Waals surface area contributed by atoms with Crippen molar-refractivity contribution in [1.29, 1.82) is 5.26 Å². The van der Waals surface area contributed by atoms with Gasteiger partial charge in [0.25, 0.3) is 5.91 Å². The lowest BCUT2D eigenvalue weighted by Gasteiger charge is -2.17. The van der Waals surface area contributed by atoms with Crippen molar-refractivity contribution in [2.75, 3.05) is 5.32 Å². The molecule has 0 atom stereocenters. The maximum Gasteiger partial charge on any atom is 0.421 e. The fourth-order valence-corrected chi connectivity index (χ4v) is 2.52. The minimum Gasteiger partial charge on any atom is -0.322 e. The van der Waals surface area contributed by atoms with Gasteiger partial charge in [-0.15, -0.1) is 0 Å². The molecule has 5 nitrogen and oxygen atoms in total. The van der Waals surface area contributed by atoms with Crippen LogP contribution in [0.2, 0.25) is 0 Å². The lowest BCUT2D eigenvalue weighted by atomic mass is 10.0. The fourth-order valence-electron chi connectivity index (χ4n) is 2.52. The number of rotatable bonds is 3. The number of nitrogens with one attached hydrogen (secondary N) is 1. The summed E-state index contributed by atoms with van der Waals surface area (Å²) >= 11 is 0. The monoisotopic (exact) mass is 374 g/mol. The Morgan fingerprint density at radius 3 is 2.44 bits per heavy atom. The average molecular weight is 374 g/mol. The van der Waals surface area contributed by atoms with Gasteiger partial charge in [0, 0.05) is 18.1 Å². The van der Waals surface area contributed by atoms with Gasteiger partial charge < -0.3 is 5.32 Å². The number of hydrogen-bond donors (Lipinski definition) is 1. The van der Waals surface area contributed by atoms with E-state index in [2.05, 4.69) is 10.4 Å². The molecule has 2 aromatic carbocycles. The van der Waals surface area contributed by atoms with Crippen LogP contribution < -0.4 is 5.32 Å². The lowest BCUT2D eigenvalue weighted by molar-refractivity contribution is -0.140. The number of halogens is 4. The standard InChI is InChI=1S/C18H10F4N4O/c19-15-13(17(27)25-12-5-2-1-3-6-12)9-11(10-23)16(14(15)18(20,21)22)26-8-4-7-24-26/h1-9H,(H,25,27). The van der Waals surface area contributed by atoms with E-state index in [0.717, 1.165) is 16.9 Å². The number of nitriles is 1. The van der Waals surface area contributed by atoms with Crippen LogP contribution in [-0.4, -0.2) is 15.7 Å². The van der Waals surface area contributed by atoms with Crippen molar-refractivity contribution in [2.45, 2.75) is 6.18 Å². The van der Waals surface area contributed by atoms with Crippen LogP contribution in [0.3, 0.4) is 0 Å². The van der Waals surface area contributed by atoms with Gasteiger partial charge in [-0.2, -0.15) is 23.5 Å². The van der Waals surface area contributed by atoms with Gasteiger partial charge in [0.05, 0.1) is 16.8 Å². The first kappa shape index (κ1) is 18.1. The van der Waals surface area contributed by atoms with Gasteiger partial charge in [-0.05, 0) is 24.3 Å². The Hall–Kier alpha value is -3.67. The molecule has 9 heteroatoms. The molecule has 0 aliphatic carbocycles. The van der Waals surface area contributed by atoms with Gasteiger partial charge in [-0.3, -0.25) is 4.79 Å². The van der Waals surface area contributed by atoms with Crippen LogP contribution in [-0.2, 0) is 6.18 Å². The van der Waals surface area contributed by atoms with E-state index in [0.29, 0.717) is 0 Å². The molecule has 3 rings (SSSR count). The second-order valence-corrected chi connectivity index (χ2v) is 5.39. The number of alkyl halides is 3. The van der Waals surface area contributed by atoms with Crippen LogP contribution >= 0.6 is 0 Å². The molecule has 136 valence electrons. The van der Waals surface area contributed by atoms with Crippen molar-refractivity contribution in [3.63, 3.8) is 0 Å². The predicted octanol–water partition coefficient (Wildman–Crippen LogP) is 4.15. The zero-order chi connectivity index (χ0) is 19.6. The van der Waals surface area contributed by atoms with Crippen molar-refractivity contribution in [1.82, 2.24) is 9.78 Å². The highest BCUT2D eigenvalue weighted by atomic mass is 19.4. The summed E-state index contributed by atoms with van der Waals surface area (Å²) in [6, 6.07) is 11.5. The highest BCUT2D eigenvalue weighted by Gasteiger charge is 2.41. The second kappa shape index (κ2) is 6.92. The molecule has 0 saturated heterocycles. The summed E-state index contributed by atoms with van der Waals surface area (Å²) in [5.74, 6) is -2.88. The van der Waals surface area contributed by atoms with E-state index in [9.17, 15) is 27.6 Å². The number of carbonyl (C=O) groups is 1. The molecular formula is C18H10F4N4O. The third kappa shape index (κ3) is 3.50. The van der Waals surface area contributed by atoms with Crippen molar-refractivity contribution < 1.29 is 22.4 Å². The largest absolute Gasteiger partial charge is 0.421 e. The zero-order valence-corrected chi connectivity index (χ0v) is 13.5. The van der Waals surface area contributed by atoms with E-state index in [1.165, 1.54) is 24.4 Å². The summed E-state index contributed by atoms with van der Waals surface area (Å²) in [4.78, 5) is 12.3. The van der Waals surface area contributed by atoms with Crippen molar-refractivity contribution in [3.05, 3.63) is 77.4 Å². The summed E-state index contributed by atoms with van der Waals surface area (Å²) in [5.41, 5.74) is -3.67. The Bertz CT molecular complexity index is 1020. The number of hydrogen-bond acceptors (Lipinski definition) is 3. The number of amides is 1. The maximum absolute atomic E-state index is 14.8. The van der Waals surface area contributed by atoms with Gasteiger partial charge in [0.1, 0.15) is 17.4 Å². The average Bonchev–Trinajstić information content (AvgIpc) is 3.15. The smallest absolute Gasteiger partial charge is 0.322 e. The normalized spacial score (nSPS) is 11.1. The fraction of sp³-hybridized carbons (Fsp3) is 0.0556. The minimum atomic E-state index is -5.15. The van der Waals surface area contributed by atoms with Crippen LogP contribution in [0.25, 0.3) is 5.69 Å². The topological polar surface area (TPSA) is 70.7 Å². The molecule has 1 amide bonds. The summed E-state index contributed by atoms with van der Waals surface area (Å²) in [5, 5.41) is 15.2. The van der Waals surface area contributed by atoms with Gasteiger partial charge in [-0.1, -0.05) is 18.2 Å². The molecule has 0 aliphatic rings. The molecule has 0 saturated carbocycles. The van der Waals surface area contributed by atoms with Crippen LogP contribution in [0.1, 0.15) is 21.5 Å². The van der Waals surface area contributed by atoms with Gasteiger partial charge in [0.15, 0.2) is 0 Å². The lowest BCUT2D eigenvalue weighted by Crippen LogP contribution is -2.21. The molecule has 1 heterocycles. The van der Waals surface area contributed by atoms with Gasteiger partial charge in [0.2, 0.25) is 0 Å². The molecule has 0 aliphatic heterocycles. The highest BCUT2D eigenvalue weighted by molar-refractivity contribution is 6.05. The van der Waals surface area contributed by atoms with Crippen molar-refractivity contribution in [3.8, 4) is 11.8 Å². The number of aromatic nitrogens is 2. The molecular weight excluding hydrogens is 364 g/mol. The van der Waals surface area contributed by atoms with E-state index < -0.39 is 40.3 Å². The van der Waals surface area contributed by atoms with E-state index in [1.807, 2.05) is 0 Å². The molecule has 0 spiro atoms. The first-order chi connectivity index (χ1) is 12.8. The summed E-state index contributed by atoms with van der Waals surface area (Å²) in [6.45, 7) is 0. The number of anilines is 1. The first-order valence-corrected chi connectivity index (χ1v) is 7.53. The predicted molar refractivity (Wildman–Crippen MR) is 87.6 cm³/mol. The maximum atomic E-state index is 14.8. The quantitative estimate of drug-likeness (QED) is 0.700. The Balaban J connectivity index is 2.20. The highest BCUT2D eigenvalue weighted by Crippen LogP contribution is 2.38. The Morgan fingerprint density at radius 1 is 1.19 bits per heavy atom. The number of carbonyl (C=O) groups excluding carboxylic acids is 1. The molecule has 1 N–H and O–H groups in total. The number of benzene rings is 2. The Kier molecular flexibility index (Phi) is 4.64. The molecule has 27 heavy (non-hydrogen) atoms.